The van der Waals surface area contributed by atoms with E-state index in [0.717, 1.165) is 22.1 Å². The van der Waals surface area contributed by atoms with E-state index in [1.807, 2.05) is 37.3 Å². The lowest BCUT2D eigenvalue weighted by Gasteiger charge is -2.10. The third-order valence-electron chi connectivity index (χ3n) is 3.82. The Kier molecular flexibility index (Phi) is 4.91. The van der Waals surface area contributed by atoms with E-state index in [1.54, 1.807) is 12.1 Å². The van der Waals surface area contributed by atoms with Gasteiger partial charge in [0.05, 0.1) is 17.0 Å². The molecule has 0 saturated heterocycles. The minimum absolute atomic E-state index is 0.0434. The number of nitriles is 1. The van der Waals surface area contributed by atoms with E-state index in [0.29, 0.717) is 17.7 Å². The van der Waals surface area contributed by atoms with Gasteiger partial charge in [0.25, 0.3) is 0 Å². The van der Waals surface area contributed by atoms with Crippen LogP contribution in [-0.4, -0.2) is 25.2 Å². The van der Waals surface area contributed by atoms with Crippen LogP contribution in [0.15, 0.2) is 42.5 Å². The normalized spacial score (nSPS) is 10.8. The average molecular weight is 352 g/mol. The van der Waals surface area contributed by atoms with Crippen molar-refractivity contribution in [1.29, 1.82) is 5.26 Å². The van der Waals surface area contributed by atoms with Crippen LogP contribution < -0.4 is 5.32 Å². The average Bonchev–Trinajstić information content (AvgIpc) is 2.62. The molecule has 0 fully saturated rings. The third kappa shape index (κ3) is 3.59. The van der Waals surface area contributed by atoms with Crippen LogP contribution in [0, 0.1) is 11.3 Å². The van der Waals surface area contributed by atoms with Gasteiger partial charge in [0.1, 0.15) is 16.8 Å². The molecule has 2 aromatic carbocycles. The molecule has 3 aromatic rings. The summed E-state index contributed by atoms with van der Waals surface area (Å²) >= 11 is 0. The zero-order chi connectivity index (χ0) is 17.8. The van der Waals surface area contributed by atoms with Crippen LogP contribution >= 0.6 is 0 Å². The maximum atomic E-state index is 10.8. The molecule has 1 aromatic heterocycles. The van der Waals surface area contributed by atoms with E-state index >= 15 is 0 Å². The number of anilines is 1. The molecule has 6 nitrogen and oxygen atoms in total. The smallest absolute Gasteiger partial charge is 0.186 e. The van der Waals surface area contributed by atoms with Crippen LogP contribution in [0.5, 0.6) is 0 Å². The molecule has 0 radical (unpaired) electrons. The Hall–Kier alpha value is -2.98. The zero-order valence-electron chi connectivity index (χ0n) is 13.6. The monoisotopic (exact) mass is 352 g/mol. The van der Waals surface area contributed by atoms with E-state index in [-0.39, 0.29) is 11.4 Å². The molecule has 0 amide bonds. The molecule has 126 valence electrons. The number of nitrogens with one attached hydrogen (secondary N) is 1. The van der Waals surface area contributed by atoms with Crippen molar-refractivity contribution in [3.05, 3.63) is 53.7 Å². The lowest BCUT2D eigenvalue weighted by atomic mass is 10.0. The van der Waals surface area contributed by atoms with Crippen LogP contribution in [0.2, 0.25) is 0 Å². The maximum Gasteiger partial charge on any atom is 0.186 e. The van der Waals surface area contributed by atoms with Crippen molar-refractivity contribution in [2.45, 2.75) is 12.7 Å². The molecule has 0 atom stereocenters. The van der Waals surface area contributed by atoms with E-state index in [4.69, 9.17) is 0 Å². The van der Waals surface area contributed by atoms with Gasteiger partial charge in [0, 0.05) is 11.9 Å². The third-order valence-corrected chi connectivity index (χ3v) is 4.44. The summed E-state index contributed by atoms with van der Waals surface area (Å²) < 4.78 is 21.6. The highest BCUT2D eigenvalue weighted by Gasteiger charge is 2.11. The molecule has 3 rings (SSSR count). The van der Waals surface area contributed by atoms with Gasteiger partial charge < -0.3 is 5.32 Å². The van der Waals surface area contributed by atoms with Gasteiger partial charge in [-0.05, 0) is 35.7 Å². The standard InChI is InChI=1S/C18H16N4O2S/c1-2-20-18-15-8-7-14(9-16(15)21-22-17(18)10-19)13-5-3-12(4-6-13)11-25(23)24/h3-9,25H,2,11H2,1H3,(H,20,21). The van der Waals surface area contributed by atoms with Gasteiger partial charge in [-0.1, -0.05) is 30.3 Å². The molecule has 0 bridgehead atoms. The molecule has 0 saturated carbocycles. The first kappa shape index (κ1) is 16.9. The van der Waals surface area contributed by atoms with Gasteiger partial charge >= 0.3 is 0 Å². The molecule has 0 unspecified atom stereocenters. The summed E-state index contributed by atoms with van der Waals surface area (Å²) in [5.41, 5.74) is 4.33. The zero-order valence-corrected chi connectivity index (χ0v) is 14.5. The van der Waals surface area contributed by atoms with Crippen LogP contribution in [0.1, 0.15) is 18.2 Å². The van der Waals surface area contributed by atoms with Crippen molar-refractivity contribution in [2.75, 3.05) is 11.9 Å². The summed E-state index contributed by atoms with van der Waals surface area (Å²) in [6.45, 7) is 2.64. The Bertz CT molecular complexity index is 1030. The summed E-state index contributed by atoms with van der Waals surface area (Å²) in [6.07, 6.45) is 0. The first-order valence-electron chi connectivity index (χ1n) is 7.78. The summed E-state index contributed by atoms with van der Waals surface area (Å²) in [6, 6.07) is 15.2. The highest BCUT2D eigenvalue weighted by atomic mass is 32.2. The minimum atomic E-state index is -2.43. The fraction of sp³-hybridized carbons (Fsp3) is 0.167. The molecule has 0 aliphatic heterocycles. The number of nitrogens with zero attached hydrogens (tertiary/aromatic N) is 3. The summed E-state index contributed by atoms with van der Waals surface area (Å²) in [4.78, 5) is 0. The van der Waals surface area contributed by atoms with E-state index < -0.39 is 10.7 Å². The lowest BCUT2D eigenvalue weighted by Crippen LogP contribution is -2.03. The summed E-state index contributed by atoms with van der Waals surface area (Å²) in [5.74, 6) is 0.0434. The maximum absolute atomic E-state index is 10.8. The lowest BCUT2D eigenvalue weighted by molar-refractivity contribution is 0.614. The number of benzene rings is 2. The van der Waals surface area contributed by atoms with Crippen molar-refractivity contribution in [3.63, 3.8) is 0 Å². The second-order valence-corrected chi connectivity index (χ2v) is 6.47. The number of hydrogen-bond donors (Lipinski definition) is 2. The number of thiol groups is 1. The van der Waals surface area contributed by atoms with Gasteiger partial charge in [-0.2, -0.15) is 5.26 Å². The predicted octanol–water partition coefficient (Wildman–Crippen LogP) is 2.71. The summed E-state index contributed by atoms with van der Waals surface area (Å²) in [5, 5.41) is 21.3. The van der Waals surface area contributed by atoms with Gasteiger partial charge in [-0.25, -0.2) is 8.42 Å². The molecule has 25 heavy (non-hydrogen) atoms. The molecule has 0 aliphatic carbocycles. The number of rotatable bonds is 5. The van der Waals surface area contributed by atoms with Crippen LogP contribution in [0.4, 0.5) is 5.69 Å². The Balaban J connectivity index is 2.03. The SMILES string of the molecule is CCNc1c(C#N)nnc2cc(-c3ccc(C[SH](=O)=O)cc3)ccc12. The fourth-order valence-corrected chi connectivity index (χ4v) is 3.18. The van der Waals surface area contributed by atoms with E-state index in [2.05, 4.69) is 21.6 Å². The Labute approximate surface area is 147 Å². The predicted molar refractivity (Wildman–Crippen MR) is 97.9 cm³/mol. The molecule has 0 aliphatic rings. The number of aromatic nitrogens is 2. The second-order valence-electron chi connectivity index (χ2n) is 5.49. The highest BCUT2D eigenvalue weighted by molar-refractivity contribution is 7.71. The number of fused-ring (bicyclic) bond motifs is 1. The van der Waals surface area contributed by atoms with Gasteiger partial charge in [0.15, 0.2) is 5.69 Å². The van der Waals surface area contributed by atoms with Crippen LogP contribution in [0.25, 0.3) is 22.0 Å². The summed E-state index contributed by atoms with van der Waals surface area (Å²) in [7, 11) is -2.43. The Morgan fingerprint density at radius 2 is 1.80 bits per heavy atom. The minimum Gasteiger partial charge on any atom is -0.382 e. The first-order valence-corrected chi connectivity index (χ1v) is 9.14. The van der Waals surface area contributed by atoms with Gasteiger partial charge in [0.2, 0.25) is 0 Å². The molecule has 0 spiro atoms. The largest absolute Gasteiger partial charge is 0.382 e. The quantitative estimate of drug-likeness (QED) is 0.686. The Morgan fingerprint density at radius 1 is 1.08 bits per heavy atom. The van der Waals surface area contributed by atoms with Crippen molar-refractivity contribution >= 4 is 27.3 Å². The van der Waals surface area contributed by atoms with Gasteiger partial charge in [-0.3, -0.25) is 0 Å². The highest BCUT2D eigenvalue weighted by Crippen LogP contribution is 2.29. The second kappa shape index (κ2) is 7.28. The molecular formula is C18H16N4O2S. The van der Waals surface area contributed by atoms with Crippen LogP contribution in [-0.2, 0) is 16.5 Å². The van der Waals surface area contributed by atoms with Crippen molar-refractivity contribution in [2.24, 2.45) is 0 Å². The van der Waals surface area contributed by atoms with E-state index in [1.165, 1.54) is 0 Å². The number of hydrogen-bond acceptors (Lipinski definition) is 6. The van der Waals surface area contributed by atoms with Crippen molar-refractivity contribution < 1.29 is 8.42 Å². The Morgan fingerprint density at radius 3 is 2.44 bits per heavy atom. The van der Waals surface area contributed by atoms with Gasteiger partial charge in [-0.15, -0.1) is 10.2 Å². The molecule has 1 heterocycles. The molecule has 7 heteroatoms. The first-order chi connectivity index (χ1) is 12.1. The molecule has 1 N–H and O–H groups in total. The fourth-order valence-electron chi connectivity index (χ4n) is 2.67. The molecular weight excluding hydrogens is 336 g/mol. The topological polar surface area (TPSA) is 95.7 Å². The van der Waals surface area contributed by atoms with Crippen molar-refractivity contribution in [3.8, 4) is 17.2 Å². The van der Waals surface area contributed by atoms with Crippen molar-refractivity contribution in [1.82, 2.24) is 10.2 Å². The van der Waals surface area contributed by atoms with E-state index in [9.17, 15) is 13.7 Å². The van der Waals surface area contributed by atoms with Crippen LogP contribution in [0.3, 0.4) is 0 Å².